The molecule has 0 saturated carbocycles. The van der Waals surface area contributed by atoms with E-state index in [1.165, 1.54) is 10.8 Å². The fourth-order valence-corrected chi connectivity index (χ4v) is 6.52. The van der Waals surface area contributed by atoms with Gasteiger partial charge in [-0.15, -0.1) is 23.8 Å². The molecule has 49 heavy (non-hydrogen) atoms. The molecule has 0 fully saturated rings. The van der Waals surface area contributed by atoms with Crippen molar-refractivity contribution in [1.29, 1.82) is 0 Å². The molecule has 0 atom stereocenters. The molecule has 0 aliphatic heterocycles. The molecule has 0 saturated heterocycles. The number of nitrogens with zero attached hydrogens (tertiary/aromatic N) is 4. The van der Waals surface area contributed by atoms with Gasteiger partial charge in [0.2, 0.25) is 5.71 Å². The summed E-state index contributed by atoms with van der Waals surface area (Å²) >= 11 is 0. The maximum absolute atomic E-state index is 6.43. The zero-order valence-electron chi connectivity index (χ0n) is 26.7. The van der Waals surface area contributed by atoms with Crippen LogP contribution in [0.3, 0.4) is 0 Å². The second-order valence-corrected chi connectivity index (χ2v) is 11.7. The third-order valence-corrected chi connectivity index (χ3v) is 8.82. The molecular formula is C43H32IrN4O-2. The molecule has 241 valence electrons. The average molecular weight is 813 g/mol. The zero-order chi connectivity index (χ0) is 32.8. The second kappa shape index (κ2) is 12.9. The van der Waals surface area contributed by atoms with Crippen molar-refractivity contribution in [2.75, 3.05) is 0 Å². The van der Waals surface area contributed by atoms with Gasteiger partial charge in [-0.1, -0.05) is 84.4 Å². The molecule has 5 heterocycles. The molecule has 0 aliphatic carbocycles. The topological polar surface area (TPSA) is 38.7 Å². The summed E-state index contributed by atoms with van der Waals surface area (Å²) in [6.45, 7) is 8.26. The summed E-state index contributed by atoms with van der Waals surface area (Å²) in [7, 11) is 8.06. The Morgan fingerprint density at radius 1 is 0.531 bits per heavy atom. The van der Waals surface area contributed by atoms with Gasteiger partial charge in [0.15, 0.2) is 0 Å². The third kappa shape index (κ3) is 5.47. The number of furan rings is 1. The molecule has 0 spiro atoms. The van der Waals surface area contributed by atoms with Gasteiger partial charge in [0.1, 0.15) is 5.82 Å². The SMILES string of the molecule is [CH2-]c1ccc2c(oc3nc(-n4c5ccccc5c5ccccc54)ccc32)c1-c1cccc[n+]1[CH2-].[CH2-]c1ccccc1-c1cccc[n+]1[CH2-].[Ir]. The van der Waals surface area contributed by atoms with E-state index in [9.17, 15) is 0 Å². The van der Waals surface area contributed by atoms with Crippen LogP contribution >= 0.6 is 0 Å². The van der Waals surface area contributed by atoms with Crippen molar-refractivity contribution >= 4 is 43.9 Å². The average Bonchev–Trinajstić information content (AvgIpc) is 3.65. The maximum Gasteiger partial charge on any atom is 0.227 e. The van der Waals surface area contributed by atoms with Crippen LogP contribution in [0.15, 0.2) is 150 Å². The summed E-state index contributed by atoms with van der Waals surface area (Å²) in [5.41, 5.74) is 9.62. The van der Waals surface area contributed by atoms with Crippen LogP contribution in [0.4, 0.5) is 0 Å². The summed E-state index contributed by atoms with van der Waals surface area (Å²) < 4.78 is 12.3. The standard InChI is InChI=1S/C30H20N3O.C13H12N.Ir/c1-19-14-15-22-23-16-17-27(31-30(23)34-29(22)28(19)26-13-7-8-18-32(26)2)33-24-11-5-3-9-20(24)21-10-4-6-12-25(21)33;1-11-7-3-4-8-12(11)13-9-5-6-10-14(13)2;/h3-18H,1-2H2;3-10H,1-2H2;/q2*-1;. The van der Waals surface area contributed by atoms with Crippen LogP contribution in [0, 0.1) is 27.9 Å². The predicted octanol–water partition coefficient (Wildman–Crippen LogP) is 9.31. The van der Waals surface area contributed by atoms with Crippen molar-refractivity contribution < 1.29 is 33.7 Å². The maximum atomic E-state index is 6.43. The van der Waals surface area contributed by atoms with Gasteiger partial charge in [-0.3, -0.25) is 4.57 Å². The van der Waals surface area contributed by atoms with Crippen molar-refractivity contribution in [3.05, 3.63) is 185 Å². The van der Waals surface area contributed by atoms with E-state index >= 15 is 0 Å². The molecule has 6 heteroatoms. The molecule has 9 aromatic rings. The fraction of sp³-hybridized carbons (Fsp3) is 0. The predicted molar refractivity (Wildman–Crippen MR) is 194 cm³/mol. The van der Waals surface area contributed by atoms with E-state index in [1.807, 2.05) is 82.2 Å². The van der Waals surface area contributed by atoms with Gasteiger partial charge in [-0.05, 0) is 24.3 Å². The smallest absolute Gasteiger partial charge is 0.227 e. The number of rotatable bonds is 3. The van der Waals surface area contributed by atoms with Crippen LogP contribution in [0.25, 0.3) is 72.2 Å². The fourth-order valence-electron chi connectivity index (χ4n) is 6.52. The number of benzene rings is 4. The molecule has 5 aromatic heterocycles. The number of hydrogen-bond donors (Lipinski definition) is 0. The first kappa shape index (κ1) is 31.6. The Labute approximate surface area is 299 Å². The summed E-state index contributed by atoms with van der Waals surface area (Å²) in [6, 6.07) is 45.2. The Balaban J connectivity index is 0.000000213. The number of fused-ring (bicyclic) bond motifs is 6. The number of aromatic nitrogens is 4. The van der Waals surface area contributed by atoms with Crippen LogP contribution in [0.5, 0.6) is 0 Å². The Hall–Kier alpha value is -5.94. The van der Waals surface area contributed by atoms with Crippen LogP contribution in [-0.2, 0) is 20.1 Å². The van der Waals surface area contributed by atoms with Crippen molar-refractivity contribution in [3.8, 4) is 28.3 Å². The first-order valence-corrected chi connectivity index (χ1v) is 15.7. The van der Waals surface area contributed by atoms with E-state index in [-0.39, 0.29) is 20.1 Å². The van der Waals surface area contributed by atoms with E-state index in [1.54, 1.807) is 0 Å². The normalized spacial score (nSPS) is 11.0. The van der Waals surface area contributed by atoms with Crippen molar-refractivity contribution in [2.24, 2.45) is 0 Å². The van der Waals surface area contributed by atoms with Crippen molar-refractivity contribution in [1.82, 2.24) is 9.55 Å². The largest absolute Gasteiger partial charge is 0.451 e. The van der Waals surface area contributed by atoms with Crippen molar-refractivity contribution in [2.45, 2.75) is 0 Å². The Morgan fingerprint density at radius 3 is 1.76 bits per heavy atom. The van der Waals surface area contributed by atoms with Crippen LogP contribution < -0.4 is 9.13 Å². The summed E-state index contributed by atoms with van der Waals surface area (Å²) in [5, 5.41) is 4.41. The van der Waals surface area contributed by atoms with E-state index < -0.39 is 0 Å². The van der Waals surface area contributed by atoms with E-state index in [4.69, 9.17) is 9.40 Å². The molecule has 0 aliphatic rings. The number of hydrogen-bond acceptors (Lipinski definition) is 2. The Morgan fingerprint density at radius 2 is 1.10 bits per heavy atom. The molecule has 1 radical (unpaired) electrons. The van der Waals surface area contributed by atoms with Crippen LogP contribution in [0.2, 0.25) is 0 Å². The molecule has 0 bridgehead atoms. The summed E-state index contributed by atoms with van der Waals surface area (Å²) in [4.78, 5) is 5.00. The number of pyridine rings is 3. The van der Waals surface area contributed by atoms with E-state index in [2.05, 4.69) is 105 Å². The minimum absolute atomic E-state index is 0. The molecule has 0 unspecified atom stereocenters. The number of para-hydroxylation sites is 2. The van der Waals surface area contributed by atoms with E-state index in [0.717, 1.165) is 66.8 Å². The molecule has 9 rings (SSSR count). The van der Waals surface area contributed by atoms with E-state index in [0.29, 0.717) is 5.71 Å². The summed E-state index contributed by atoms with van der Waals surface area (Å²) in [5.74, 6) is 0.826. The first-order valence-electron chi connectivity index (χ1n) is 15.7. The van der Waals surface area contributed by atoms with Gasteiger partial charge in [0.05, 0.1) is 40.4 Å². The summed E-state index contributed by atoms with van der Waals surface area (Å²) in [6.07, 6.45) is 3.86. The van der Waals surface area contributed by atoms with Gasteiger partial charge in [0, 0.05) is 55.7 Å². The van der Waals surface area contributed by atoms with Gasteiger partial charge in [-0.25, -0.2) is 0 Å². The monoisotopic (exact) mass is 813 g/mol. The van der Waals surface area contributed by atoms with Gasteiger partial charge < -0.3 is 13.6 Å². The van der Waals surface area contributed by atoms with Gasteiger partial charge in [0.25, 0.3) is 0 Å². The van der Waals surface area contributed by atoms with Crippen LogP contribution in [-0.4, -0.2) is 9.55 Å². The zero-order valence-corrected chi connectivity index (χ0v) is 29.1. The third-order valence-electron chi connectivity index (χ3n) is 8.82. The molecule has 0 N–H and O–H groups in total. The molecule has 5 nitrogen and oxygen atoms in total. The molecule has 0 amide bonds. The van der Waals surface area contributed by atoms with Crippen molar-refractivity contribution in [3.63, 3.8) is 0 Å². The molecular weight excluding hydrogens is 781 g/mol. The minimum atomic E-state index is 0. The van der Waals surface area contributed by atoms with Crippen LogP contribution in [0.1, 0.15) is 11.1 Å². The van der Waals surface area contributed by atoms with Gasteiger partial charge in [-0.2, -0.15) is 42.1 Å². The van der Waals surface area contributed by atoms with Gasteiger partial charge >= 0.3 is 0 Å². The molecule has 4 aromatic carbocycles. The Bertz CT molecular complexity index is 2540. The quantitative estimate of drug-likeness (QED) is 0.132. The Kier molecular flexibility index (Phi) is 8.35. The second-order valence-electron chi connectivity index (χ2n) is 11.7. The minimum Gasteiger partial charge on any atom is -0.451 e. The first-order chi connectivity index (χ1) is 23.5.